The Balaban J connectivity index is 2.12. The minimum absolute atomic E-state index is 0.130. The number of halogens is 3. The molecular weight excluding hydrogens is 389 g/mol. The monoisotopic (exact) mass is 406 g/mol. The molecule has 0 saturated carbocycles. The van der Waals surface area contributed by atoms with Crippen molar-refractivity contribution in [1.82, 2.24) is 0 Å². The summed E-state index contributed by atoms with van der Waals surface area (Å²) in [6.45, 7) is 3.29. The fourth-order valence-corrected chi connectivity index (χ4v) is 6.91. The zero-order valence-electron chi connectivity index (χ0n) is 14.0. The van der Waals surface area contributed by atoms with E-state index in [9.17, 15) is 26.4 Å². The maximum absolute atomic E-state index is 13.5. The normalized spacial score (nSPS) is 26.5. The highest BCUT2D eigenvalue weighted by molar-refractivity contribution is 8.16. The van der Waals surface area contributed by atoms with Gasteiger partial charge in [0.1, 0.15) is 0 Å². The van der Waals surface area contributed by atoms with Crippen molar-refractivity contribution in [1.29, 1.82) is 0 Å². The molecule has 2 fully saturated rings. The first-order valence-electron chi connectivity index (χ1n) is 7.94. The highest BCUT2D eigenvalue weighted by Crippen LogP contribution is 2.45. The fraction of sp³-hybridized carbons (Fsp3) is 0.500. The van der Waals surface area contributed by atoms with Gasteiger partial charge in [0.2, 0.25) is 0 Å². The van der Waals surface area contributed by atoms with Crippen molar-refractivity contribution in [3.05, 3.63) is 29.8 Å². The van der Waals surface area contributed by atoms with Gasteiger partial charge in [0.05, 0.1) is 28.8 Å². The first kappa shape index (κ1) is 19.2. The van der Waals surface area contributed by atoms with Crippen LogP contribution >= 0.6 is 11.8 Å². The van der Waals surface area contributed by atoms with Gasteiger partial charge >= 0.3 is 6.18 Å². The number of alkyl halides is 3. The van der Waals surface area contributed by atoms with Crippen molar-refractivity contribution < 1.29 is 26.4 Å². The fourth-order valence-electron chi connectivity index (χ4n) is 2.99. The van der Waals surface area contributed by atoms with E-state index in [2.05, 4.69) is 4.99 Å². The van der Waals surface area contributed by atoms with Crippen LogP contribution < -0.4 is 4.90 Å². The number of para-hydroxylation sites is 1. The van der Waals surface area contributed by atoms with E-state index in [1.807, 2.05) is 0 Å². The Hall–Kier alpha value is -1.55. The Morgan fingerprint density at radius 1 is 1.27 bits per heavy atom. The number of carbonyl (C=O) groups is 1. The van der Waals surface area contributed by atoms with Gasteiger partial charge in [-0.2, -0.15) is 18.2 Å². The summed E-state index contributed by atoms with van der Waals surface area (Å²) in [5.74, 6) is -1.26. The van der Waals surface area contributed by atoms with E-state index >= 15 is 0 Å². The molecule has 1 aromatic rings. The first-order chi connectivity index (χ1) is 12.0. The molecule has 142 valence electrons. The summed E-state index contributed by atoms with van der Waals surface area (Å²) < 4.78 is 64.3. The molecule has 0 spiro atoms. The molecule has 0 aromatic heterocycles. The third-order valence-electron chi connectivity index (χ3n) is 4.24. The van der Waals surface area contributed by atoms with E-state index in [4.69, 9.17) is 0 Å². The molecule has 1 amide bonds. The number of thioether (sulfide) groups is 1. The summed E-state index contributed by atoms with van der Waals surface area (Å²) in [7, 11) is -3.35. The minimum atomic E-state index is -4.61. The molecule has 26 heavy (non-hydrogen) atoms. The quantitative estimate of drug-likeness (QED) is 0.756. The lowest BCUT2D eigenvalue weighted by Crippen LogP contribution is -2.39. The molecule has 2 aliphatic heterocycles. The predicted molar refractivity (Wildman–Crippen MR) is 95.0 cm³/mol. The van der Waals surface area contributed by atoms with E-state index in [-0.39, 0.29) is 22.4 Å². The SMILES string of the molecule is CC(C)C(=O)N=C1S[C@H]2CS(=O)(=O)C[C@H]2N1c1ccccc1C(F)(F)F. The van der Waals surface area contributed by atoms with Crippen LogP contribution in [0.25, 0.3) is 0 Å². The number of rotatable bonds is 2. The summed E-state index contributed by atoms with van der Waals surface area (Å²) in [6.07, 6.45) is -4.61. The molecule has 1 aromatic carbocycles. The van der Waals surface area contributed by atoms with Crippen molar-refractivity contribution in [2.24, 2.45) is 10.9 Å². The number of amidine groups is 1. The molecule has 0 aliphatic carbocycles. The molecule has 10 heteroatoms. The summed E-state index contributed by atoms with van der Waals surface area (Å²) in [5, 5.41) is -0.315. The number of sulfone groups is 1. The third kappa shape index (κ3) is 3.62. The predicted octanol–water partition coefficient (Wildman–Crippen LogP) is 2.96. The minimum Gasteiger partial charge on any atom is -0.315 e. The number of amides is 1. The van der Waals surface area contributed by atoms with Crippen molar-refractivity contribution in [2.75, 3.05) is 16.4 Å². The molecule has 0 N–H and O–H groups in total. The Kier molecular flexibility index (Phi) is 4.85. The lowest BCUT2D eigenvalue weighted by Gasteiger charge is -2.27. The third-order valence-corrected chi connectivity index (χ3v) is 7.45. The summed E-state index contributed by atoms with van der Waals surface area (Å²) in [5.41, 5.74) is -1.05. The second kappa shape index (κ2) is 6.56. The Bertz CT molecular complexity index is 866. The lowest BCUT2D eigenvalue weighted by molar-refractivity contribution is -0.137. The summed E-state index contributed by atoms with van der Waals surface area (Å²) in [4.78, 5) is 17.3. The molecule has 5 nitrogen and oxygen atoms in total. The maximum atomic E-state index is 13.5. The van der Waals surface area contributed by atoms with E-state index in [1.54, 1.807) is 13.8 Å². The van der Waals surface area contributed by atoms with Gasteiger partial charge in [0, 0.05) is 11.2 Å². The maximum Gasteiger partial charge on any atom is 0.418 e. The van der Waals surface area contributed by atoms with Crippen LogP contribution in [-0.2, 0) is 20.8 Å². The number of benzene rings is 1. The lowest BCUT2D eigenvalue weighted by atomic mass is 10.1. The number of anilines is 1. The zero-order valence-corrected chi connectivity index (χ0v) is 15.7. The smallest absolute Gasteiger partial charge is 0.315 e. The Morgan fingerprint density at radius 2 is 1.92 bits per heavy atom. The number of aliphatic imine (C=N–C) groups is 1. The average Bonchev–Trinajstić information content (AvgIpc) is 2.97. The summed E-state index contributed by atoms with van der Waals surface area (Å²) in [6, 6.07) is 4.28. The van der Waals surface area contributed by atoms with Crippen LogP contribution in [0.2, 0.25) is 0 Å². The molecule has 0 bridgehead atoms. The molecule has 0 radical (unpaired) electrons. The van der Waals surface area contributed by atoms with Crippen molar-refractivity contribution in [3.8, 4) is 0 Å². The summed E-state index contributed by atoms with van der Waals surface area (Å²) >= 11 is 1.06. The topological polar surface area (TPSA) is 66.8 Å². The molecule has 3 rings (SSSR count). The highest BCUT2D eigenvalue weighted by atomic mass is 32.2. The molecule has 0 unspecified atom stereocenters. The van der Waals surface area contributed by atoms with Gasteiger partial charge < -0.3 is 4.90 Å². The van der Waals surface area contributed by atoms with Crippen molar-refractivity contribution >= 4 is 38.4 Å². The Labute approximate surface area is 153 Å². The van der Waals surface area contributed by atoms with E-state index < -0.39 is 44.7 Å². The number of hydrogen-bond acceptors (Lipinski definition) is 4. The number of fused-ring (bicyclic) bond motifs is 1. The van der Waals surface area contributed by atoms with Crippen LogP contribution in [0.15, 0.2) is 29.3 Å². The molecule has 2 saturated heterocycles. The zero-order chi connectivity index (χ0) is 19.3. The standard InChI is InChI=1S/C16H17F3N2O3S2/c1-9(2)14(22)20-15-21(12-7-26(23,24)8-13(12)25-15)11-6-4-3-5-10(11)16(17,18)19/h3-6,9,12-13H,7-8H2,1-2H3/t12-,13+/m1/s1. The number of hydrogen-bond donors (Lipinski definition) is 0. The second-order valence-corrected chi connectivity index (χ2v) is 9.93. The van der Waals surface area contributed by atoms with Crippen LogP contribution in [0, 0.1) is 5.92 Å². The van der Waals surface area contributed by atoms with Gasteiger partial charge in [-0.05, 0) is 12.1 Å². The number of nitrogens with zero attached hydrogens (tertiary/aromatic N) is 2. The van der Waals surface area contributed by atoms with Crippen LogP contribution in [-0.4, -0.2) is 42.3 Å². The van der Waals surface area contributed by atoms with Crippen LogP contribution in [0.5, 0.6) is 0 Å². The van der Waals surface area contributed by atoms with Gasteiger partial charge in [-0.25, -0.2) is 8.42 Å². The van der Waals surface area contributed by atoms with Crippen molar-refractivity contribution in [2.45, 2.75) is 31.3 Å². The largest absolute Gasteiger partial charge is 0.418 e. The van der Waals surface area contributed by atoms with Crippen LogP contribution in [0.1, 0.15) is 19.4 Å². The molecule has 2 aliphatic rings. The number of carbonyl (C=O) groups excluding carboxylic acids is 1. The van der Waals surface area contributed by atoms with E-state index in [1.165, 1.54) is 23.1 Å². The van der Waals surface area contributed by atoms with Gasteiger partial charge in [0.15, 0.2) is 15.0 Å². The first-order valence-corrected chi connectivity index (χ1v) is 10.6. The Morgan fingerprint density at radius 3 is 2.54 bits per heavy atom. The molecular formula is C16H17F3N2O3S2. The van der Waals surface area contributed by atoms with Gasteiger partial charge in [-0.3, -0.25) is 4.79 Å². The highest BCUT2D eigenvalue weighted by Gasteiger charge is 2.51. The van der Waals surface area contributed by atoms with Gasteiger partial charge in [0.25, 0.3) is 5.91 Å². The van der Waals surface area contributed by atoms with Crippen LogP contribution in [0.4, 0.5) is 18.9 Å². The van der Waals surface area contributed by atoms with Gasteiger partial charge in [-0.15, -0.1) is 0 Å². The van der Waals surface area contributed by atoms with Gasteiger partial charge in [-0.1, -0.05) is 37.7 Å². The van der Waals surface area contributed by atoms with Crippen molar-refractivity contribution in [3.63, 3.8) is 0 Å². The van der Waals surface area contributed by atoms with Crippen LogP contribution in [0.3, 0.4) is 0 Å². The van der Waals surface area contributed by atoms with E-state index in [0.717, 1.165) is 17.8 Å². The molecule has 2 heterocycles. The average molecular weight is 406 g/mol. The second-order valence-electron chi connectivity index (χ2n) is 6.57. The molecule has 2 atom stereocenters. The van der Waals surface area contributed by atoms with E-state index in [0.29, 0.717) is 0 Å².